The van der Waals surface area contributed by atoms with Crippen LogP contribution in [0.15, 0.2) is 25.4 Å². The number of hydrogen-bond donors (Lipinski definition) is 0. The molecule has 2 rings (SSSR count). The first kappa shape index (κ1) is 7.16. The lowest BCUT2D eigenvalue weighted by molar-refractivity contribution is 1.42. The number of rotatable bonds is 0. The fraction of sp³-hybridized carbons (Fsp3) is 0.111. The Balaban J connectivity index is 2.70. The van der Waals surface area contributed by atoms with Crippen molar-refractivity contribution in [3.63, 3.8) is 0 Å². The van der Waals surface area contributed by atoms with Crippen LogP contribution in [0.1, 0.15) is 11.1 Å². The van der Waals surface area contributed by atoms with E-state index < -0.39 is 0 Å². The first-order chi connectivity index (χ1) is 5.38. The Hall–Kier alpha value is -0.510. The van der Waals surface area contributed by atoms with E-state index in [1.165, 1.54) is 16.8 Å². The molecule has 1 aliphatic heterocycles. The largest absolute Gasteiger partial charge is 0.222 e. The second-order valence-corrected chi connectivity index (χ2v) is 4.24. The first-order valence-electron chi connectivity index (χ1n) is 3.48. The molecule has 0 N–H and O–H groups in total. The number of fused-ring (bicyclic) bond motifs is 1. The number of halogens is 1. The van der Waals surface area contributed by atoms with Crippen molar-refractivity contribution in [2.45, 2.75) is 6.92 Å². The van der Waals surface area contributed by atoms with E-state index in [9.17, 15) is 0 Å². The van der Waals surface area contributed by atoms with Crippen LogP contribution >= 0.6 is 21.0 Å². The van der Waals surface area contributed by atoms with Gasteiger partial charge in [0.25, 0.3) is 0 Å². The summed E-state index contributed by atoms with van der Waals surface area (Å²) in [6.45, 7) is 2.13. The molecule has 0 atom stereocenters. The molecular weight excluding hydrogens is 249 g/mol. The van der Waals surface area contributed by atoms with Crippen molar-refractivity contribution in [1.29, 1.82) is 0 Å². The van der Waals surface area contributed by atoms with E-state index in [1.54, 1.807) is 0 Å². The molecule has 1 aliphatic rings. The van der Waals surface area contributed by atoms with Gasteiger partial charge in [-0.2, -0.15) is 0 Å². The highest BCUT2D eigenvalue weighted by molar-refractivity contribution is 14.2. The first-order valence-corrected chi connectivity index (χ1v) is 5.69. The zero-order valence-corrected chi connectivity index (χ0v) is 8.37. The molecule has 1 aromatic carbocycles. The molecule has 0 radical (unpaired) electrons. The molecule has 0 saturated heterocycles. The van der Waals surface area contributed by atoms with Gasteiger partial charge < -0.3 is 0 Å². The minimum Gasteiger partial charge on any atom is -0.222 e. The third kappa shape index (κ3) is 1.27. The molecule has 11 heavy (non-hydrogen) atoms. The van der Waals surface area contributed by atoms with Crippen molar-refractivity contribution in [2.75, 3.05) is 0 Å². The molecule has 0 spiro atoms. The van der Waals surface area contributed by atoms with Crippen LogP contribution in [0, 0.1) is 6.92 Å². The summed E-state index contributed by atoms with van der Waals surface area (Å²) in [6.07, 6.45) is 2.20. The van der Waals surface area contributed by atoms with Gasteiger partial charge in [0.2, 0.25) is 0 Å². The Morgan fingerprint density at radius 3 is 3.09 bits per heavy atom. The molecule has 0 fully saturated rings. The molecule has 0 aromatic heterocycles. The van der Waals surface area contributed by atoms with Crippen molar-refractivity contribution in [2.24, 2.45) is 3.15 Å². The van der Waals surface area contributed by atoms with Crippen LogP contribution in [0.5, 0.6) is 0 Å². The summed E-state index contributed by atoms with van der Waals surface area (Å²) in [5.74, 6) is 0. The molecule has 0 amide bonds. The Morgan fingerprint density at radius 2 is 2.27 bits per heavy atom. The van der Waals surface area contributed by atoms with Crippen LogP contribution in [0.2, 0.25) is 0 Å². The van der Waals surface area contributed by atoms with Gasteiger partial charge in [0.15, 0.2) is 0 Å². The van der Waals surface area contributed by atoms with E-state index in [0.29, 0.717) is 0 Å². The molecule has 1 heterocycles. The van der Waals surface area contributed by atoms with Crippen molar-refractivity contribution in [3.05, 3.63) is 33.4 Å². The average molecular weight is 257 g/mol. The second kappa shape index (κ2) is 2.85. The minimum absolute atomic E-state index is 0.0426. The van der Waals surface area contributed by atoms with Crippen LogP contribution in [-0.4, -0.2) is 0 Å². The van der Waals surface area contributed by atoms with Gasteiger partial charge in [-0.1, -0.05) is 12.1 Å². The Kier molecular flexibility index (Phi) is 1.85. The summed E-state index contributed by atoms with van der Waals surface area (Å²) in [6, 6.07) is 6.29. The summed E-state index contributed by atoms with van der Waals surface area (Å²) < 4.78 is 6.68. The molecule has 2 heteroatoms. The summed E-state index contributed by atoms with van der Waals surface area (Å²) in [4.78, 5) is 0. The molecule has 1 nitrogen and oxygen atoms in total. The zero-order chi connectivity index (χ0) is 7.68. The normalized spacial score (nSPS) is 13.9. The zero-order valence-electron chi connectivity index (χ0n) is 6.21. The smallest absolute Gasteiger partial charge is 0.0766 e. The Morgan fingerprint density at radius 1 is 1.36 bits per heavy atom. The monoisotopic (exact) mass is 257 g/mol. The fourth-order valence-corrected chi connectivity index (χ4v) is 2.53. The molecule has 1 aromatic rings. The van der Waals surface area contributed by atoms with E-state index in [1.807, 2.05) is 0 Å². The Bertz CT molecular complexity index is 339. The van der Waals surface area contributed by atoms with Crippen LogP contribution < -0.4 is 0 Å². The van der Waals surface area contributed by atoms with Gasteiger partial charge in [0.1, 0.15) is 0 Å². The Labute approximate surface area is 76.3 Å². The molecule has 0 saturated carbocycles. The number of hydrogen-bond acceptors (Lipinski definition) is 1. The van der Waals surface area contributed by atoms with E-state index in [2.05, 4.69) is 38.4 Å². The maximum atomic E-state index is 4.48. The lowest BCUT2D eigenvalue weighted by Gasteiger charge is -2.05. The van der Waals surface area contributed by atoms with Gasteiger partial charge in [-0.3, -0.25) is 0 Å². The maximum Gasteiger partial charge on any atom is 0.0766 e. The number of benzene rings is 1. The molecule has 0 aliphatic carbocycles. The maximum absolute atomic E-state index is 4.48. The summed E-state index contributed by atoms with van der Waals surface area (Å²) in [7, 11) is 0. The molecule has 0 unspecified atom stereocenters. The average Bonchev–Trinajstić information content (AvgIpc) is 2.06. The number of aryl methyl sites for hydroxylation is 1. The third-order valence-electron chi connectivity index (χ3n) is 1.73. The third-order valence-corrected chi connectivity index (χ3v) is 3.21. The summed E-state index contributed by atoms with van der Waals surface area (Å²) in [5.41, 5.74) is 3.81. The highest BCUT2D eigenvalue weighted by Crippen LogP contribution is 2.31. The van der Waals surface area contributed by atoms with Crippen molar-refractivity contribution < 1.29 is 0 Å². The van der Waals surface area contributed by atoms with Crippen LogP contribution in [-0.2, 0) is 0 Å². The van der Waals surface area contributed by atoms with Crippen molar-refractivity contribution >= 4 is 32.8 Å². The quantitative estimate of drug-likeness (QED) is 0.627. The van der Waals surface area contributed by atoms with Gasteiger partial charge in [0.05, 0.1) is 5.69 Å². The SMILES string of the molecule is Cc1cccc2c1C=CI=N2. The standard InChI is InChI=1S/C9H8IN/c1-7-3-2-4-9-8(7)5-6-10-11-9/h2-6H,1H3. The number of nitrogens with zero attached hydrogens (tertiary/aromatic N) is 1. The summed E-state index contributed by atoms with van der Waals surface area (Å²) >= 11 is -0.0426. The van der Waals surface area contributed by atoms with Gasteiger partial charge in [-0.15, -0.1) is 0 Å². The highest BCUT2D eigenvalue weighted by atomic mass is 127. The second-order valence-electron chi connectivity index (χ2n) is 2.48. The van der Waals surface area contributed by atoms with E-state index in [0.717, 1.165) is 0 Å². The highest BCUT2D eigenvalue weighted by Gasteiger charge is 2.02. The lowest BCUT2D eigenvalue weighted by atomic mass is 10.1. The van der Waals surface area contributed by atoms with E-state index >= 15 is 0 Å². The predicted molar refractivity (Wildman–Crippen MR) is 56.3 cm³/mol. The van der Waals surface area contributed by atoms with Crippen molar-refractivity contribution in [3.8, 4) is 0 Å². The van der Waals surface area contributed by atoms with Gasteiger partial charge >= 0.3 is 0 Å². The molecule has 0 bridgehead atoms. The van der Waals surface area contributed by atoms with E-state index in [4.69, 9.17) is 0 Å². The topological polar surface area (TPSA) is 12.4 Å². The summed E-state index contributed by atoms with van der Waals surface area (Å²) in [5, 5.41) is 0. The van der Waals surface area contributed by atoms with Gasteiger partial charge in [-0.25, -0.2) is 3.15 Å². The predicted octanol–water partition coefficient (Wildman–Crippen LogP) is 3.77. The molecule has 56 valence electrons. The van der Waals surface area contributed by atoms with E-state index in [-0.39, 0.29) is 21.0 Å². The van der Waals surface area contributed by atoms with Gasteiger partial charge in [0, 0.05) is 26.6 Å². The van der Waals surface area contributed by atoms with Crippen LogP contribution in [0.3, 0.4) is 0 Å². The van der Waals surface area contributed by atoms with Crippen LogP contribution in [0.4, 0.5) is 5.69 Å². The van der Waals surface area contributed by atoms with Crippen molar-refractivity contribution in [1.82, 2.24) is 0 Å². The van der Waals surface area contributed by atoms with Crippen LogP contribution in [0.25, 0.3) is 6.08 Å². The minimum atomic E-state index is -0.0426. The molecular formula is C9H8IN. The van der Waals surface area contributed by atoms with Gasteiger partial charge in [-0.05, 0) is 28.7 Å². The lowest BCUT2D eigenvalue weighted by Crippen LogP contribution is -1.80. The fourth-order valence-electron chi connectivity index (χ4n) is 1.13.